The Kier molecular flexibility index (Phi) is 6.93. The van der Waals surface area contributed by atoms with E-state index in [1.54, 1.807) is 17.0 Å². The molecule has 2 amide bonds. The van der Waals surface area contributed by atoms with Crippen LogP contribution >= 0.6 is 0 Å². The highest BCUT2D eigenvalue weighted by Gasteiger charge is 2.25. The molecule has 7 heteroatoms. The zero-order valence-electron chi connectivity index (χ0n) is 17.9. The van der Waals surface area contributed by atoms with Crippen LogP contribution in [-0.4, -0.2) is 59.3 Å². The van der Waals surface area contributed by atoms with Gasteiger partial charge in [-0.05, 0) is 59.2 Å². The number of nitrogens with one attached hydrogen (secondary N) is 1. The molecule has 1 heterocycles. The lowest BCUT2D eigenvalue weighted by Gasteiger charge is -2.35. The molecule has 156 valence electrons. The topological polar surface area (TPSA) is 71.1 Å². The van der Waals surface area contributed by atoms with Crippen molar-refractivity contribution in [2.75, 3.05) is 26.2 Å². The second-order valence-electron chi connectivity index (χ2n) is 9.15. The first-order valence-electron chi connectivity index (χ1n) is 9.70. The van der Waals surface area contributed by atoms with Crippen molar-refractivity contribution in [3.63, 3.8) is 0 Å². The van der Waals surface area contributed by atoms with Gasteiger partial charge in [0.05, 0.1) is 0 Å². The number of carbonyl (C=O) groups excluding carboxylic acids is 2. The number of amides is 2. The van der Waals surface area contributed by atoms with Crippen LogP contribution in [0, 0.1) is 0 Å². The van der Waals surface area contributed by atoms with Gasteiger partial charge < -0.3 is 19.7 Å². The first-order chi connectivity index (χ1) is 12.9. The van der Waals surface area contributed by atoms with Crippen LogP contribution in [0.15, 0.2) is 24.3 Å². The number of benzene rings is 1. The maximum Gasteiger partial charge on any atom is 0.413 e. The van der Waals surface area contributed by atoms with Gasteiger partial charge in [0.25, 0.3) is 0 Å². The number of nitrogens with zero attached hydrogens (tertiary/aromatic N) is 2. The lowest BCUT2D eigenvalue weighted by molar-refractivity contribution is 0.0139. The van der Waals surface area contributed by atoms with Crippen molar-refractivity contribution in [1.29, 1.82) is 0 Å². The number of ether oxygens (including phenoxy) is 2. The summed E-state index contributed by atoms with van der Waals surface area (Å²) in [5.74, 6) is 0.514. The van der Waals surface area contributed by atoms with Crippen LogP contribution in [0.4, 0.5) is 9.59 Å². The van der Waals surface area contributed by atoms with E-state index in [1.807, 2.05) is 53.7 Å². The Labute approximate surface area is 168 Å². The van der Waals surface area contributed by atoms with E-state index in [4.69, 9.17) is 9.47 Å². The highest BCUT2D eigenvalue weighted by Crippen LogP contribution is 2.16. The smallest absolute Gasteiger partial charge is 0.413 e. The molecule has 0 spiro atoms. The third kappa shape index (κ3) is 7.76. The monoisotopic (exact) mass is 391 g/mol. The molecule has 1 aliphatic heterocycles. The van der Waals surface area contributed by atoms with E-state index in [9.17, 15) is 9.59 Å². The highest BCUT2D eigenvalue weighted by atomic mass is 16.6. The average molecular weight is 392 g/mol. The first-order valence-corrected chi connectivity index (χ1v) is 9.70. The van der Waals surface area contributed by atoms with Crippen LogP contribution in [0.1, 0.15) is 47.1 Å². The van der Waals surface area contributed by atoms with Crippen molar-refractivity contribution < 1.29 is 19.1 Å². The average Bonchev–Trinajstić information content (AvgIpc) is 2.54. The maximum absolute atomic E-state index is 12.1. The standard InChI is InChI=1S/C21H33N3O4/c1-20(2,3)22-18(25)27-17-9-7-16(8-10-17)15-23-11-13-24(14-12-23)19(26)28-21(4,5)6/h7-10H,11-15H2,1-6H3,(H,22,25). The predicted octanol–water partition coefficient (Wildman–Crippen LogP) is 3.63. The summed E-state index contributed by atoms with van der Waals surface area (Å²) >= 11 is 0. The molecule has 0 saturated carbocycles. The van der Waals surface area contributed by atoms with Gasteiger partial charge in [0.2, 0.25) is 0 Å². The maximum atomic E-state index is 12.1. The molecule has 1 N–H and O–H groups in total. The molecule has 0 bridgehead atoms. The second kappa shape index (κ2) is 8.82. The Hall–Kier alpha value is -2.28. The molecule has 1 saturated heterocycles. The number of carbonyl (C=O) groups is 2. The summed E-state index contributed by atoms with van der Waals surface area (Å²) in [6.07, 6.45) is -0.708. The molecule has 7 nitrogen and oxygen atoms in total. The normalized spacial score (nSPS) is 15.9. The molecule has 1 aliphatic rings. The van der Waals surface area contributed by atoms with E-state index >= 15 is 0 Å². The minimum absolute atomic E-state index is 0.248. The number of rotatable bonds is 3. The molecule has 0 unspecified atom stereocenters. The van der Waals surface area contributed by atoms with Crippen LogP contribution in [-0.2, 0) is 11.3 Å². The van der Waals surface area contributed by atoms with Crippen LogP contribution in [0.3, 0.4) is 0 Å². The molecule has 0 radical (unpaired) electrons. The van der Waals surface area contributed by atoms with Gasteiger partial charge in [-0.15, -0.1) is 0 Å². The van der Waals surface area contributed by atoms with Crippen molar-refractivity contribution in [1.82, 2.24) is 15.1 Å². The fraction of sp³-hybridized carbons (Fsp3) is 0.619. The van der Waals surface area contributed by atoms with Gasteiger partial charge in [-0.1, -0.05) is 12.1 Å². The van der Waals surface area contributed by atoms with E-state index in [-0.39, 0.29) is 11.6 Å². The molecule has 2 rings (SSSR count). The van der Waals surface area contributed by atoms with Gasteiger partial charge >= 0.3 is 12.2 Å². The molecule has 1 fully saturated rings. The molecule has 1 aromatic rings. The van der Waals surface area contributed by atoms with Crippen molar-refractivity contribution in [3.05, 3.63) is 29.8 Å². The van der Waals surface area contributed by atoms with Crippen LogP contribution < -0.4 is 10.1 Å². The zero-order chi connectivity index (χ0) is 20.9. The summed E-state index contributed by atoms with van der Waals surface area (Å²) in [5, 5.41) is 2.76. The van der Waals surface area contributed by atoms with E-state index in [0.29, 0.717) is 18.8 Å². The van der Waals surface area contributed by atoms with Crippen LogP contribution in [0.5, 0.6) is 5.75 Å². The van der Waals surface area contributed by atoms with Gasteiger partial charge in [-0.3, -0.25) is 4.90 Å². The lowest BCUT2D eigenvalue weighted by Crippen LogP contribution is -2.49. The van der Waals surface area contributed by atoms with Gasteiger partial charge in [-0.2, -0.15) is 0 Å². The van der Waals surface area contributed by atoms with Gasteiger partial charge in [0.15, 0.2) is 0 Å². The highest BCUT2D eigenvalue weighted by molar-refractivity contribution is 5.71. The first kappa shape index (κ1) is 22.0. The number of hydrogen-bond donors (Lipinski definition) is 1. The molecule has 0 aromatic heterocycles. The Balaban J connectivity index is 1.79. The third-order valence-electron chi connectivity index (χ3n) is 4.04. The van der Waals surface area contributed by atoms with Crippen LogP contribution in [0.2, 0.25) is 0 Å². The third-order valence-corrected chi connectivity index (χ3v) is 4.04. The fourth-order valence-electron chi connectivity index (χ4n) is 2.77. The second-order valence-corrected chi connectivity index (χ2v) is 9.15. The molecule has 0 atom stereocenters. The van der Waals surface area contributed by atoms with Crippen molar-refractivity contribution in [2.24, 2.45) is 0 Å². The summed E-state index contributed by atoms with van der Waals surface area (Å²) in [6.45, 7) is 15.0. The Morgan fingerprint density at radius 2 is 1.54 bits per heavy atom. The minimum atomic E-state index is -0.470. The molecular formula is C21H33N3O4. The summed E-state index contributed by atoms with van der Waals surface area (Å²) in [6, 6.07) is 7.52. The predicted molar refractivity (Wildman–Crippen MR) is 108 cm³/mol. The van der Waals surface area contributed by atoms with Gasteiger partial charge in [0, 0.05) is 38.3 Å². The van der Waals surface area contributed by atoms with Crippen molar-refractivity contribution in [2.45, 2.75) is 59.2 Å². The van der Waals surface area contributed by atoms with E-state index in [1.165, 1.54) is 0 Å². The summed E-state index contributed by atoms with van der Waals surface area (Å²) in [4.78, 5) is 28.0. The van der Waals surface area contributed by atoms with Crippen molar-refractivity contribution >= 4 is 12.2 Å². The lowest BCUT2D eigenvalue weighted by atomic mass is 10.1. The minimum Gasteiger partial charge on any atom is -0.444 e. The molecule has 0 aliphatic carbocycles. The quantitative estimate of drug-likeness (QED) is 0.852. The Morgan fingerprint density at radius 3 is 2.04 bits per heavy atom. The Bertz CT molecular complexity index is 666. The van der Waals surface area contributed by atoms with E-state index < -0.39 is 11.7 Å². The van der Waals surface area contributed by atoms with Gasteiger partial charge in [-0.25, -0.2) is 9.59 Å². The molecular weight excluding hydrogens is 358 g/mol. The molecule has 28 heavy (non-hydrogen) atoms. The van der Waals surface area contributed by atoms with Gasteiger partial charge in [0.1, 0.15) is 11.4 Å². The van der Waals surface area contributed by atoms with Crippen molar-refractivity contribution in [3.8, 4) is 5.75 Å². The van der Waals surface area contributed by atoms with E-state index in [2.05, 4.69) is 10.2 Å². The Morgan fingerprint density at radius 1 is 0.964 bits per heavy atom. The fourth-order valence-corrected chi connectivity index (χ4v) is 2.77. The number of piperazine rings is 1. The number of hydrogen-bond acceptors (Lipinski definition) is 5. The zero-order valence-corrected chi connectivity index (χ0v) is 17.9. The van der Waals surface area contributed by atoms with Crippen LogP contribution in [0.25, 0.3) is 0 Å². The summed E-state index contributed by atoms with van der Waals surface area (Å²) in [5.41, 5.74) is 0.328. The van der Waals surface area contributed by atoms with E-state index in [0.717, 1.165) is 25.2 Å². The molecule has 1 aromatic carbocycles. The summed E-state index contributed by atoms with van der Waals surface area (Å²) in [7, 11) is 0. The SMILES string of the molecule is CC(C)(C)NC(=O)Oc1ccc(CN2CCN(C(=O)OC(C)(C)C)CC2)cc1. The largest absolute Gasteiger partial charge is 0.444 e. The summed E-state index contributed by atoms with van der Waals surface area (Å²) < 4.78 is 10.7.